The zero-order valence-corrected chi connectivity index (χ0v) is 13.7. The lowest BCUT2D eigenvalue weighted by Gasteiger charge is -2.46. The summed E-state index contributed by atoms with van der Waals surface area (Å²) in [5, 5.41) is 3.70. The molecular formula is C16H26N2O2S. The van der Waals surface area contributed by atoms with E-state index in [1.165, 1.54) is 12.8 Å². The topological polar surface area (TPSA) is 49.4 Å². The highest BCUT2D eigenvalue weighted by Crippen LogP contribution is 2.37. The fraction of sp³-hybridized carbons (Fsp3) is 0.875. The fourth-order valence-corrected chi connectivity index (χ4v) is 5.37. The number of carbonyl (C=O) groups is 2. The molecular weight excluding hydrogens is 284 g/mol. The van der Waals surface area contributed by atoms with Crippen LogP contribution in [0.15, 0.2) is 0 Å². The molecule has 0 aromatic rings. The Labute approximate surface area is 131 Å². The van der Waals surface area contributed by atoms with Crippen LogP contribution in [0.25, 0.3) is 0 Å². The summed E-state index contributed by atoms with van der Waals surface area (Å²) in [5.41, 5.74) is -0.566. The first-order valence-electron chi connectivity index (χ1n) is 8.38. The minimum atomic E-state index is -0.566. The standard InChI is InChI=1S/C16H26N2O2S/c1-2-21-13-7-6-12(10-13)18-11-14(19)17-16(15(18)20)8-4-3-5-9-16/h12-13H,2-11H2,1H3,(H,17,19). The van der Waals surface area contributed by atoms with Gasteiger partial charge < -0.3 is 10.2 Å². The molecule has 0 radical (unpaired) electrons. The SMILES string of the molecule is CCSC1CCC(N2CC(=O)NC3(CCCCC3)C2=O)C1. The number of hydrogen-bond acceptors (Lipinski definition) is 3. The van der Waals surface area contributed by atoms with E-state index in [9.17, 15) is 9.59 Å². The number of carbonyl (C=O) groups excluding carboxylic acids is 2. The normalized spacial score (nSPS) is 32.5. The molecule has 2 saturated carbocycles. The van der Waals surface area contributed by atoms with E-state index in [0.29, 0.717) is 5.25 Å². The third kappa shape index (κ3) is 2.94. The number of piperazine rings is 1. The highest BCUT2D eigenvalue weighted by atomic mass is 32.2. The van der Waals surface area contributed by atoms with Crippen LogP contribution in [0.2, 0.25) is 0 Å². The van der Waals surface area contributed by atoms with Crippen molar-refractivity contribution in [3.8, 4) is 0 Å². The van der Waals surface area contributed by atoms with E-state index in [2.05, 4.69) is 12.2 Å². The first-order chi connectivity index (χ1) is 10.1. The molecule has 1 saturated heterocycles. The van der Waals surface area contributed by atoms with E-state index in [1.807, 2.05) is 16.7 Å². The molecule has 0 aromatic heterocycles. The molecule has 1 heterocycles. The zero-order chi connectivity index (χ0) is 14.9. The molecule has 2 aliphatic carbocycles. The second-order valence-corrected chi connectivity index (χ2v) is 8.25. The summed E-state index contributed by atoms with van der Waals surface area (Å²) in [6, 6.07) is 0.284. The minimum Gasteiger partial charge on any atom is -0.340 e. The number of amides is 2. The molecule has 4 nitrogen and oxygen atoms in total. The van der Waals surface area contributed by atoms with Gasteiger partial charge in [0.1, 0.15) is 5.54 Å². The Morgan fingerprint density at radius 3 is 2.71 bits per heavy atom. The molecule has 3 fully saturated rings. The summed E-state index contributed by atoms with van der Waals surface area (Å²) >= 11 is 2.00. The first-order valence-corrected chi connectivity index (χ1v) is 9.43. The molecule has 21 heavy (non-hydrogen) atoms. The number of rotatable bonds is 3. The van der Waals surface area contributed by atoms with Gasteiger partial charge in [-0.15, -0.1) is 0 Å². The van der Waals surface area contributed by atoms with Gasteiger partial charge >= 0.3 is 0 Å². The second-order valence-electron chi connectivity index (χ2n) is 6.67. The number of thioether (sulfide) groups is 1. The highest BCUT2D eigenvalue weighted by molar-refractivity contribution is 7.99. The molecule has 1 aliphatic heterocycles. The highest BCUT2D eigenvalue weighted by Gasteiger charge is 2.49. The van der Waals surface area contributed by atoms with Gasteiger partial charge in [-0.25, -0.2) is 0 Å². The van der Waals surface area contributed by atoms with Gasteiger partial charge in [-0.3, -0.25) is 9.59 Å². The second kappa shape index (κ2) is 6.19. The minimum absolute atomic E-state index is 0.0445. The summed E-state index contributed by atoms with van der Waals surface area (Å²) in [6.45, 7) is 2.46. The maximum Gasteiger partial charge on any atom is 0.249 e. The predicted octanol–water partition coefficient (Wildman–Crippen LogP) is 2.32. The van der Waals surface area contributed by atoms with Gasteiger partial charge in [0, 0.05) is 11.3 Å². The molecule has 2 atom stereocenters. The smallest absolute Gasteiger partial charge is 0.249 e. The Kier molecular flexibility index (Phi) is 4.48. The van der Waals surface area contributed by atoms with Crippen LogP contribution < -0.4 is 5.32 Å². The summed E-state index contributed by atoms with van der Waals surface area (Å²) in [5.74, 6) is 1.38. The van der Waals surface area contributed by atoms with E-state index in [-0.39, 0.29) is 24.4 Å². The Morgan fingerprint density at radius 2 is 2.00 bits per heavy atom. The molecule has 3 aliphatic rings. The average Bonchev–Trinajstić information content (AvgIpc) is 2.93. The van der Waals surface area contributed by atoms with Crippen molar-refractivity contribution in [1.82, 2.24) is 10.2 Å². The van der Waals surface area contributed by atoms with Crippen molar-refractivity contribution in [2.45, 2.75) is 75.1 Å². The van der Waals surface area contributed by atoms with Crippen molar-refractivity contribution in [2.24, 2.45) is 0 Å². The predicted molar refractivity (Wildman–Crippen MR) is 85.2 cm³/mol. The Bertz CT molecular complexity index is 421. The molecule has 1 N–H and O–H groups in total. The summed E-state index contributed by atoms with van der Waals surface area (Å²) in [7, 11) is 0. The van der Waals surface area contributed by atoms with Crippen LogP contribution in [-0.4, -0.2) is 45.8 Å². The van der Waals surface area contributed by atoms with Crippen LogP contribution in [0.1, 0.15) is 58.3 Å². The molecule has 0 bridgehead atoms. The van der Waals surface area contributed by atoms with Gasteiger partial charge in [0.2, 0.25) is 11.8 Å². The molecule has 5 heteroatoms. The summed E-state index contributed by atoms with van der Waals surface area (Å²) in [6.07, 6.45) is 8.25. The van der Waals surface area contributed by atoms with Gasteiger partial charge in [-0.2, -0.15) is 11.8 Å². The maximum absolute atomic E-state index is 13.0. The van der Waals surface area contributed by atoms with Crippen molar-refractivity contribution in [1.29, 1.82) is 0 Å². The van der Waals surface area contributed by atoms with Crippen LogP contribution >= 0.6 is 11.8 Å². The van der Waals surface area contributed by atoms with Gasteiger partial charge in [0.05, 0.1) is 6.54 Å². The van der Waals surface area contributed by atoms with Crippen molar-refractivity contribution in [3.05, 3.63) is 0 Å². The van der Waals surface area contributed by atoms with Crippen LogP contribution in [0.5, 0.6) is 0 Å². The van der Waals surface area contributed by atoms with Crippen LogP contribution in [0.3, 0.4) is 0 Å². The molecule has 2 unspecified atom stereocenters. The Morgan fingerprint density at radius 1 is 1.24 bits per heavy atom. The third-order valence-electron chi connectivity index (χ3n) is 5.27. The fourth-order valence-electron chi connectivity index (χ4n) is 4.24. The maximum atomic E-state index is 13.0. The van der Waals surface area contributed by atoms with Crippen molar-refractivity contribution >= 4 is 23.6 Å². The lowest BCUT2D eigenvalue weighted by Crippen LogP contribution is -2.68. The van der Waals surface area contributed by atoms with E-state index in [4.69, 9.17) is 0 Å². The van der Waals surface area contributed by atoms with Crippen LogP contribution in [0.4, 0.5) is 0 Å². The largest absolute Gasteiger partial charge is 0.340 e. The molecule has 3 rings (SSSR count). The number of hydrogen-bond donors (Lipinski definition) is 1. The van der Waals surface area contributed by atoms with E-state index in [1.54, 1.807) is 0 Å². The third-order valence-corrected chi connectivity index (χ3v) is 6.50. The van der Waals surface area contributed by atoms with E-state index in [0.717, 1.165) is 44.3 Å². The van der Waals surface area contributed by atoms with Crippen LogP contribution in [0, 0.1) is 0 Å². The monoisotopic (exact) mass is 310 g/mol. The van der Waals surface area contributed by atoms with E-state index < -0.39 is 5.54 Å². The molecule has 2 amide bonds. The van der Waals surface area contributed by atoms with Crippen molar-refractivity contribution in [3.63, 3.8) is 0 Å². The molecule has 1 spiro atoms. The number of nitrogens with zero attached hydrogens (tertiary/aromatic N) is 1. The zero-order valence-electron chi connectivity index (χ0n) is 12.9. The summed E-state index contributed by atoms with van der Waals surface area (Å²) in [4.78, 5) is 27.1. The quantitative estimate of drug-likeness (QED) is 0.870. The van der Waals surface area contributed by atoms with Gasteiger partial charge in [-0.05, 0) is 37.9 Å². The Balaban J connectivity index is 1.73. The Hall–Kier alpha value is -0.710. The van der Waals surface area contributed by atoms with Gasteiger partial charge in [0.25, 0.3) is 0 Å². The van der Waals surface area contributed by atoms with Crippen molar-refractivity contribution in [2.75, 3.05) is 12.3 Å². The number of nitrogens with one attached hydrogen (secondary N) is 1. The van der Waals surface area contributed by atoms with Gasteiger partial charge in [-0.1, -0.05) is 26.2 Å². The van der Waals surface area contributed by atoms with E-state index >= 15 is 0 Å². The molecule has 118 valence electrons. The van der Waals surface area contributed by atoms with Gasteiger partial charge in [0.15, 0.2) is 0 Å². The lowest BCUT2D eigenvalue weighted by molar-refractivity contribution is -0.153. The summed E-state index contributed by atoms with van der Waals surface area (Å²) < 4.78 is 0. The molecule has 0 aromatic carbocycles. The lowest BCUT2D eigenvalue weighted by atomic mass is 9.79. The van der Waals surface area contributed by atoms with Crippen molar-refractivity contribution < 1.29 is 9.59 Å². The average molecular weight is 310 g/mol. The first kappa shape index (κ1) is 15.2. The van der Waals surface area contributed by atoms with Crippen LogP contribution in [-0.2, 0) is 9.59 Å².